The van der Waals surface area contributed by atoms with Gasteiger partial charge in [0.2, 0.25) is 5.91 Å². The Bertz CT molecular complexity index is 419. The van der Waals surface area contributed by atoms with Crippen molar-refractivity contribution in [3.05, 3.63) is 30.1 Å². The van der Waals surface area contributed by atoms with Gasteiger partial charge in [-0.25, -0.2) is 0 Å². The number of carbonyl (C=O) groups is 1. The Labute approximate surface area is 115 Å². The maximum atomic E-state index is 12.7. The van der Waals surface area contributed by atoms with Gasteiger partial charge in [-0.3, -0.25) is 9.78 Å². The molecule has 0 aliphatic carbocycles. The number of nitrogens with one attached hydrogen (secondary N) is 1. The van der Waals surface area contributed by atoms with E-state index in [-0.39, 0.29) is 17.9 Å². The van der Waals surface area contributed by atoms with Crippen LogP contribution in [0.1, 0.15) is 26.3 Å². The van der Waals surface area contributed by atoms with E-state index in [1.807, 2.05) is 23.2 Å². The molecule has 1 fully saturated rings. The molecule has 1 aliphatic heterocycles. The monoisotopic (exact) mass is 261 g/mol. The molecule has 1 saturated heterocycles. The Kier molecular flexibility index (Phi) is 4.53. The van der Waals surface area contributed by atoms with E-state index in [1.165, 1.54) is 0 Å². The molecule has 0 spiro atoms. The lowest BCUT2D eigenvalue weighted by Gasteiger charge is -2.30. The molecule has 1 aromatic rings. The molecular weight excluding hydrogens is 238 g/mol. The van der Waals surface area contributed by atoms with Gasteiger partial charge in [0.25, 0.3) is 0 Å². The predicted octanol–water partition coefficient (Wildman–Crippen LogP) is 1.67. The van der Waals surface area contributed by atoms with E-state index in [9.17, 15) is 4.79 Å². The zero-order valence-electron chi connectivity index (χ0n) is 12.0. The third-order valence-electron chi connectivity index (χ3n) is 3.82. The van der Waals surface area contributed by atoms with Gasteiger partial charge in [0.05, 0.1) is 5.92 Å². The number of carbonyl (C=O) groups excluding carboxylic acids is 1. The molecule has 1 aromatic heterocycles. The van der Waals surface area contributed by atoms with Crippen molar-refractivity contribution in [3.8, 4) is 0 Å². The summed E-state index contributed by atoms with van der Waals surface area (Å²) >= 11 is 0. The van der Waals surface area contributed by atoms with Crippen molar-refractivity contribution in [1.29, 1.82) is 0 Å². The Morgan fingerprint density at radius 2 is 2.32 bits per heavy atom. The number of amides is 1. The van der Waals surface area contributed by atoms with Gasteiger partial charge in [-0.1, -0.05) is 13.0 Å². The molecule has 0 bridgehead atoms. The highest BCUT2D eigenvalue weighted by molar-refractivity contribution is 5.80. The van der Waals surface area contributed by atoms with Crippen LogP contribution in [0.5, 0.6) is 0 Å². The first kappa shape index (κ1) is 14.0. The van der Waals surface area contributed by atoms with E-state index < -0.39 is 0 Å². The fraction of sp³-hybridized carbons (Fsp3) is 0.600. The molecule has 2 atom stereocenters. The van der Waals surface area contributed by atoms with Gasteiger partial charge in [0.15, 0.2) is 0 Å². The fourth-order valence-corrected chi connectivity index (χ4v) is 2.56. The van der Waals surface area contributed by atoms with Crippen LogP contribution in [-0.4, -0.2) is 34.9 Å². The van der Waals surface area contributed by atoms with Crippen LogP contribution in [0.15, 0.2) is 24.5 Å². The van der Waals surface area contributed by atoms with Gasteiger partial charge in [0.1, 0.15) is 0 Å². The standard InChI is InChI=1S/C15H23N3O/c1-11(2)18(10-13-5-4-6-16-8-13)15(19)14-9-17-7-12(14)3/h4-6,8,11-12,14,17H,7,9-10H2,1-3H3/t12-,14-/m1/s1. The minimum atomic E-state index is 0.110. The van der Waals surface area contributed by atoms with Gasteiger partial charge in [-0.15, -0.1) is 0 Å². The van der Waals surface area contributed by atoms with Gasteiger partial charge in [-0.2, -0.15) is 0 Å². The van der Waals surface area contributed by atoms with Crippen LogP contribution in [-0.2, 0) is 11.3 Å². The van der Waals surface area contributed by atoms with Crippen LogP contribution in [0.2, 0.25) is 0 Å². The average Bonchev–Trinajstić information content (AvgIpc) is 2.82. The quantitative estimate of drug-likeness (QED) is 0.897. The first-order valence-corrected chi connectivity index (χ1v) is 6.99. The molecule has 2 heterocycles. The highest BCUT2D eigenvalue weighted by Crippen LogP contribution is 2.21. The van der Waals surface area contributed by atoms with Crippen LogP contribution in [0.25, 0.3) is 0 Å². The largest absolute Gasteiger partial charge is 0.336 e. The second-order valence-corrected chi connectivity index (χ2v) is 5.66. The van der Waals surface area contributed by atoms with Crippen molar-refractivity contribution in [2.24, 2.45) is 11.8 Å². The minimum absolute atomic E-state index is 0.110. The minimum Gasteiger partial charge on any atom is -0.336 e. The topological polar surface area (TPSA) is 45.2 Å². The third kappa shape index (κ3) is 3.32. The maximum Gasteiger partial charge on any atom is 0.227 e. The Morgan fingerprint density at radius 3 is 2.84 bits per heavy atom. The summed E-state index contributed by atoms with van der Waals surface area (Å²) < 4.78 is 0. The lowest BCUT2D eigenvalue weighted by atomic mass is 9.96. The molecule has 4 heteroatoms. The van der Waals surface area contributed by atoms with E-state index in [1.54, 1.807) is 6.20 Å². The van der Waals surface area contributed by atoms with Gasteiger partial charge < -0.3 is 10.2 Å². The molecule has 0 saturated carbocycles. The molecule has 1 N–H and O–H groups in total. The molecule has 0 aromatic carbocycles. The molecule has 0 radical (unpaired) electrons. The number of hydrogen-bond acceptors (Lipinski definition) is 3. The van der Waals surface area contributed by atoms with Gasteiger partial charge in [0, 0.05) is 31.5 Å². The normalized spacial score (nSPS) is 22.7. The highest BCUT2D eigenvalue weighted by atomic mass is 16.2. The van der Waals surface area contributed by atoms with Gasteiger partial charge >= 0.3 is 0 Å². The van der Waals surface area contributed by atoms with Crippen molar-refractivity contribution < 1.29 is 4.79 Å². The van der Waals surface area contributed by atoms with Crippen molar-refractivity contribution in [2.45, 2.75) is 33.4 Å². The summed E-state index contributed by atoms with van der Waals surface area (Å²) in [5.74, 6) is 0.790. The van der Waals surface area contributed by atoms with Crippen LogP contribution >= 0.6 is 0 Å². The second kappa shape index (κ2) is 6.15. The first-order chi connectivity index (χ1) is 9.09. The molecular formula is C15H23N3O. The third-order valence-corrected chi connectivity index (χ3v) is 3.82. The molecule has 4 nitrogen and oxygen atoms in total. The summed E-state index contributed by atoms with van der Waals surface area (Å²) in [6, 6.07) is 4.14. The van der Waals surface area contributed by atoms with E-state index in [4.69, 9.17) is 0 Å². The predicted molar refractivity (Wildman–Crippen MR) is 75.4 cm³/mol. The van der Waals surface area contributed by atoms with Crippen molar-refractivity contribution in [2.75, 3.05) is 13.1 Å². The van der Waals surface area contributed by atoms with Crippen molar-refractivity contribution in [3.63, 3.8) is 0 Å². The Morgan fingerprint density at radius 1 is 1.53 bits per heavy atom. The van der Waals surface area contributed by atoms with Crippen LogP contribution in [0.4, 0.5) is 0 Å². The smallest absolute Gasteiger partial charge is 0.227 e. The maximum absolute atomic E-state index is 12.7. The highest BCUT2D eigenvalue weighted by Gasteiger charge is 2.33. The number of aromatic nitrogens is 1. The zero-order chi connectivity index (χ0) is 13.8. The Balaban J connectivity index is 2.09. The average molecular weight is 261 g/mol. The van der Waals surface area contributed by atoms with Crippen LogP contribution in [0, 0.1) is 11.8 Å². The molecule has 2 rings (SSSR count). The van der Waals surface area contributed by atoms with E-state index in [2.05, 4.69) is 31.1 Å². The number of pyridine rings is 1. The fourth-order valence-electron chi connectivity index (χ4n) is 2.56. The van der Waals surface area contributed by atoms with Gasteiger partial charge in [-0.05, 0) is 37.9 Å². The summed E-state index contributed by atoms with van der Waals surface area (Å²) in [5.41, 5.74) is 1.09. The molecule has 1 aliphatic rings. The summed E-state index contributed by atoms with van der Waals surface area (Å²) in [7, 11) is 0. The molecule has 0 unspecified atom stereocenters. The molecule has 104 valence electrons. The van der Waals surface area contributed by atoms with Crippen molar-refractivity contribution >= 4 is 5.91 Å². The lowest BCUT2D eigenvalue weighted by molar-refractivity contribution is -0.138. The summed E-state index contributed by atoms with van der Waals surface area (Å²) in [4.78, 5) is 18.7. The number of rotatable bonds is 4. The summed E-state index contributed by atoms with van der Waals surface area (Å²) in [6.45, 7) is 8.67. The van der Waals surface area contributed by atoms with E-state index >= 15 is 0 Å². The molecule has 19 heavy (non-hydrogen) atoms. The summed E-state index contributed by atoms with van der Waals surface area (Å²) in [6.07, 6.45) is 3.59. The Hall–Kier alpha value is -1.42. The van der Waals surface area contributed by atoms with Crippen molar-refractivity contribution in [1.82, 2.24) is 15.2 Å². The van der Waals surface area contributed by atoms with Crippen LogP contribution in [0.3, 0.4) is 0 Å². The first-order valence-electron chi connectivity index (χ1n) is 6.99. The van der Waals surface area contributed by atoms with E-state index in [0.717, 1.165) is 18.7 Å². The van der Waals surface area contributed by atoms with E-state index in [0.29, 0.717) is 12.5 Å². The molecule has 1 amide bonds. The number of nitrogens with zero attached hydrogens (tertiary/aromatic N) is 2. The zero-order valence-corrected chi connectivity index (χ0v) is 12.0. The van der Waals surface area contributed by atoms with Crippen LogP contribution < -0.4 is 5.32 Å². The SMILES string of the molecule is CC(C)N(Cc1cccnc1)C(=O)[C@@H]1CNC[C@H]1C. The lowest BCUT2D eigenvalue weighted by Crippen LogP contribution is -2.42. The number of hydrogen-bond donors (Lipinski definition) is 1. The second-order valence-electron chi connectivity index (χ2n) is 5.66. The summed E-state index contributed by atoms with van der Waals surface area (Å²) in [5, 5.41) is 3.30.